The molecule has 6 nitrogen and oxygen atoms in total. The molecule has 4 aromatic rings. The molecule has 8 heteroatoms. The van der Waals surface area contributed by atoms with E-state index in [2.05, 4.69) is 21.2 Å². The van der Waals surface area contributed by atoms with Gasteiger partial charge in [-0.25, -0.2) is 9.59 Å². The summed E-state index contributed by atoms with van der Waals surface area (Å²) in [5.41, 5.74) is 1.17. The standard InChI is InChI=1S/C23H16BrNO5S/c1-2-29-23(28)19-17(13-7-9-15(24)10-8-13)12-31-21(19)25-20(26)16-11-14-5-3-4-6-18(14)30-22(16)27/h3-12H,2H2,1H3,(H,25,26). The van der Waals surface area contributed by atoms with Crippen molar-refractivity contribution in [3.63, 3.8) is 0 Å². The highest BCUT2D eigenvalue weighted by molar-refractivity contribution is 9.10. The van der Waals surface area contributed by atoms with Crippen molar-refractivity contribution in [1.82, 2.24) is 0 Å². The minimum atomic E-state index is -0.751. The van der Waals surface area contributed by atoms with E-state index in [-0.39, 0.29) is 17.7 Å². The summed E-state index contributed by atoms with van der Waals surface area (Å²) >= 11 is 4.58. The number of thiophene rings is 1. The first-order valence-corrected chi connectivity index (χ1v) is 11.0. The van der Waals surface area contributed by atoms with Crippen molar-refractivity contribution in [2.45, 2.75) is 6.92 Å². The number of ether oxygens (including phenoxy) is 1. The van der Waals surface area contributed by atoms with Crippen molar-refractivity contribution in [2.24, 2.45) is 0 Å². The van der Waals surface area contributed by atoms with E-state index < -0.39 is 17.5 Å². The molecule has 0 unspecified atom stereocenters. The second kappa shape index (κ2) is 8.87. The normalized spacial score (nSPS) is 10.8. The lowest BCUT2D eigenvalue weighted by atomic mass is 10.0. The number of amides is 1. The van der Waals surface area contributed by atoms with Crippen LogP contribution in [0, 0.1) is 0 Å². The van der Waals surface area contributed by atoms with Gasteiger partial charge >= 0.3 is 11.6 Å². The zero-order valence-corrected chi connectivity index (χ0v) is 18.7. The summed E-state index contributed by atoms with van der Waals surface area (Å²) in [6.07, 6.45) is 0. The maximum atomic E-state index is 12.9. The lowest BCUT2D eigenvalue weighted by Crippen LogP contribution is -2.21. The molecule has 31 heavy (non-hydrogen) atoms. The van der Waals surface area contributed by atoms with Crippen LogP contribution in [-0.4, -0.2) is 18.5 Å². The maximum absolute atomic E-state index is 12.9. The molecule has 1 amide bonds. The van der Waals surface area contributed by atoms with Crippen LogP contribution < -0.4 is 10.9 Å². The molecular formula is C23H16BrNO5S. The minimum Gasteiger partial charge on any atom is -0.462 e. The molecule has 2 heterocycles. The number of carbonyl (C=O) groups excluding carboxylic acids is 2. The van der Waals surface area contributed by atoms with Crippen molar-refractivity contribution in [2.75, 3.05) is 11.9 Å². The van der Waals surface area contributed by atoms with Crippen molar-refractivity contribution < 1.29 is 18.7 Å². The Labute approximate surface area is 189 Å². The third-order valence-electron chi connectivity index (χ3n) is 4.54. The summed E-state index contributed by atoms with van der Waals surface area (Å²) in [6, 6.07) is 15.8. The Hall–Kier alpha value is -3.23. The number of carbonyl (C=O) groups is 2. The molecule has 0 fully saturated rings. The van der Waals surface area contributed by atoms with E-state index in [4.69, 9.17) is 9.15 Å². The van der Waals surface area contributed by atoms with Crippen LogP contribution >= 0.6 is 27.3 Å². The van der Waals surface area contributed by atoms with Gasteiger partial charge in [0.1, 0.15) is 21.7 Å². The number of benzene rings is 2. The van der Waals surface area contributed by atoms with Crippen LogP contribution in [0.1, 0.15) is 27.6 Å². The molecule has 0 bridgehead atoms. The third-order valence-corrected chi connectivity index (χ3v) is 5.96. The van der Waals surface area contributed by atoms with Gasteiger partial charge in [0, 0.05) is 20.8 Å². The summed E-state index contributed by atoms with van der Waals surface area (Å²) in [6.45, 7) is 1.90. The highest BCUT2D eigenvalue weighted by Gasteiger charge is 2.24. The molecule has 0 saturated heterocycles. The zero-order chi connectivity index (χ0) is 22.0. The van der Waals surface area contributed by atoms with E-state index in [0.717, 1.165) is 10.0 Å². The molecule has 0 saturated carbocycles. The van der Waals surface area contributed by atoms with Crippen LogP contribution in [0.2, 0.25) is 0 Å². The lowest BCUT2D eigenvalue weighted by molar-refractivity contribution is 0.0529. The fraction of sp³-hybridized carbons (Fsp3) is 0.0870. The first-order chi connectivity index (χ1) is 15.0. The molecule has 0 aliphatic heterocycles. The van der Waals surface area contributed by atoms with Crippen molar-refractivity contribution >= 4 is 55.1 Å². The average Bonchev–Trinajstić information content (AvgIpc) is 3.17. The number of esters is 1. The smallest absolute Gasteiger partial charge is 0.349 e. The molecule has 0 atom stereocenters. The van der Waals surface area contributed by atoms with Crippen molar-refractivity contribution in [3.8, 4) is 11.1 Å². The van der Waals surface area contributed by atoms with E-state index in [0.29, 0.717) is 21.5 Å². The molecular weight excluding hydrogens is 482 g/mol. The highest BCUT2D eigenvalue weighted by atomic mass is 79.9. The van der Waals surface area contributed by atoms with Gasteiger partial charge in [-0.3, -0.25) is 4.79 Å². The van der Waals surface area contributed by atoms with Gasteiger partial charge in [-0.15, -0.1) is 11.3 Å². The van der Waals surface area contributed by atoms with Crippen LogP contribution in [0.15, 0.2) is 73.7 Å². The highest BCUT2D eigenvalue weighted by Crippen LogP contribution is 2.37. The van der Waals surface area contributed by atoms with Gasteiger partial charge in [-0.05, 0) is 36.8 Å². The van der Waals surface area contributed by atoms with Crippen molar-refractivity contribution in [3.05, 3.63) is 86.0 Å². The molecule has 0 spiro atoms. The second-order valence-electron chi connectivity index (χ2n) is 6.52. The minimum absolute atomic E-state index is 0.146. The van der Waals surface area contributed by atoms with Gasteiger partial charge in [0.25, 0.3) is 5.91 Å². The molecule has 156 valence electrons. The van der Waals surface area contributed by atoms with E-state index in [9.17, 15) is 14.4 Å². The Kier molecular flexibility index (Phi) is 6.01. The van der Waals surface area contributed by atoms with Crippen LogP contribution in [0.5, 0.6) is 0 Å². The molecule has 4 rings (SSSR count). The fourth-order valence-corrected chi connectivity index (χ4v) is 4.31. The Morgan fingerprint density at radius 2 is 1.87 bits per heavy atom. The molecule has 1 N–H and O–H groups in total. The Morgan fingerprint density at radius 1 is 1.13 bits per heavy atom. The summed E-state index contributed by atoms with van der Waals surface area (Å²) in [4.78, 5) is 37.9. The summed E-state index contributed by atoms with van der Waals surface area (Å²) in [7, 11) is 0. The Bertz CT molecular complexity index is 1340. The largest absolute Gasteiger partial charge is 0.462 e. The number of rotatable bonds is 5. The molecule has 0 radical (unpaired) electrons. The maximum Gasteiger partial charge on any atom is 0.349 e. The molecule has 2 aromatic heterocycles. The quantitative estimate of drug-likeness (QED) is 0.281. The molecule has 0 aliphatic rings. The van der Waals surface area contributed by atoms with Gasteiger partial charge in [-0.1, -0.05) is 46.3 Å². The summed E-state index contributed by atoms with van der Waals surface area (Å²) in [5.74, 6) is -1.21. The predicted octanol–water partition coefficient (Wildman–Crippen LogP) is 5.71. The Morgan fingerprint density at radius 3 is 2.61 bits per heavy atom. The van der Waals surface area contributed by atoms with Gasteiger partial charge in [0.15, 0.2) is 0 Å². The average molecular weight is 498 g/mol. The van der Waals surface area contributed by atoms with E-state index in [1.807, 2.05) is 24.3 Å². The number of nitrogens with one attached hydrogen (secondary N) is 1. The zero-order valence-electron chi connectivity index (χ0n) is 16.3. The topological polar surface area (TPSA) is 85.6 Å². The second-order valence-corrected chi connectivity index (χ2v) is 8.32. The van der Waals surface area contributed by atoms with Gasteiger partial charge in [0.05, 0.1) is 6.61 Å². The number of fused-ring (bicyclic) bond motifs is 1. The third kappa shape index (κ3) is 4.30. The number of anilines is 1. The first-order valence-electron chi connectivity index (χ1n) is 9.36. The first kappa shape index (κ1) is 21.0. The van der Waals surface area contributed by atoms with E-state index in [1.165, 1.54) is 17.4 Å². The van der Waals surface area contributed by atoms with Crippen LogP contribution in [0.3, 0.4) is 0 Å². The van der Waals surface area contributed by atoms with Gasteiger partial charge in [0.2, 0.25) is 0 Å². The van der Waals surface area contributed by atoms with Crippen LogP contribution in [-0.2, 0) is 4.74 Å². The summed E-state index contributed by atoms with van der Waals surface area (Å²) < 4.78 is 11.4. The number of para-hydroxylation sites is 1. The fourth-order valence-electron chi connectivity index (χ4n) is 3.09. The number of hydrogen-bond donors (Lipinski definition) is 1. The van der Waals surface area contributed by atoms with Crippen LogP contribution in [0.4, 0.5) is 5.00 Å². The van der Waals surface area contributed by atoms with Gasteiger partial charge < -0.3 is 14.5 Å². The molecule has 2 aromatic carbocycles. The van der Waals surface area contributed by atoms with Crippen LogP contribution in [0.25, 0.3) is 22.1 Å². The van der Waals surface area contributed by atoms with Crippen molar-refractivity contribution in [1.29, 1.82) is 0 Å². The lowest BCUT2D eigenvalue weighted by Gasteiger charge is -2.09. The number of hydrogen-bond acceptors (Lipinski definition) is 6. The number of halogens is 1. The monoisotopic (exact) mass is 497 g/mol. The van der Waals surface area contributed by atoms with E-state index >= 15 is 0 Å². The summed E-state index contributed by atoms with van der Waals surface area (Å²) in [5, 5.41) is 5.38. The predicted molar refractivity (Wildman–Crippen MR) is 124 cm³/mol. The van der Waals surface area contributed by atoms with E-state index in [1.54, 1.807) is 36.6 Å². The van der Waals surface area contributed by atoms with Gasteiger partial charge in [-0.2, -0.15) is 0 Å². The Balaban J connectivity index is 1.73. The SMILES string of the molecule is CCOC(=O)c1c(-c2ccc(Br)cc2)csc1NC(=O)c1cc2ccccc2oc1=O. The molecule has 0 aliphatic carbocycles.